The van der Waals surface area contributed by atoms with Gasteiger partial charge < -0.3 is 14.8 Å². The highest BCUT2D eigenvalue weighted by atomic mass is 16.7. The molecule has 1 saturated heterocycles. The smallest absolute Gasteiger partial charge is 0.231 e. The van der Waals surface area contributed by atoms with Crippen molar-refractivity contribution >= 4 is 5.91 Å². The number of carbonyl (C=O) groups is 1. The topological polar surface area (TPSA) is 71.6 Å². The summed E-state index contributed by atoms with van der Waals surface area (Å²) in [4.78, 5) is 12.6. The van der Waals surface area contributed by atoms with E-state index < -0.39 is 0 Å². The van der Waals surface area contributed by atoms with Gasteiger partial charge in [-0.2, -0.15) is 0 Å². The standard InChI is InChI=1S/C18H19N3O3/c22-18(14-10-20-21-17(14)13-4-2-1-3-5-13)19-9-12-6-7-15-16(8-12)24-11-23-15/h1-8,14,17,20-21H,9-11H2,(H,19,22). The van der Waals surface area contributed by atoms with Crippen LogP contribution in [0, 0.1) is 5.92 Å². The molecule has 124 valence electrons. The first kappa shape index (κ1) is 15.0. The van der Waals surface area contributed by atoms with Crippen molar-refractivity contribution in [3.63, 3.8) is 0 Å². The lowest BCUT2D eigenvalue weighted by Crippen LogP contribution is -2.34. The maximum Gasteiger partial charge on any atom is 0.231 e. The lowest BCUT2D eigenvalue weighted by molar-refractivity contribution is -0.125. The summed E-state index contributed by atoms with van der Waals surface area (Å²) < 4.78 is 10.7. The van der Waals surface area contributed by atoms with Crippen molar-refractivity contribution in [1.29, 1.82) is 0 Å². The van der Waals surface area contributed by atoms with E-state index in [0.717, 1.165) is 22.6 Å². The summed E-state index contributed by atoms with van der Waals surface area (Å²) in [5, 5.41) is 3.02. The van der Waals surface area contributed by atoms with Crippen LogP contribution in [0.25, 0.3) is 0 Å². The van der Waals surface area contributed by atoms with Crippen molar-refractivity contribution < 1.29 is 14.3 Å². The van der Waals surface area contributed by atoms with Gasteiger partial charge in [-0.25, -0.2) is 5.43 Å². The Morgan fingerprint density at radius 1 is 1.12 bits per heavy atom. The van der Waals surface area contributed by atoms with E-state index >= 15 is 0 Å². The molecule has 0 radical (unpaired) electrons. The highest BCUT2D eigenvalue weighted by molar-refractivity contribution is 5.80. The van der Waals surface area contributed by atoms with Crippen LogP contribution in [-0.2, 0) is 11.3 Å². The van der Waals surface area contributed by atoms with Crippen LogP contribution in [0.2, 0.25) is 0 Å². The summed E-state index contributed by atoms with van der Waals surface area (Å²) in [6.07, 6.45) is 0. The van der Waals surface area contributed by atoms with Crippen LogP contribution in [-0.4, -0.2) is 19.2 Å². The molecule has 2 aliphatic rings. The van der Waals surface area contributed by atoms with Crippen LogP contribution in [0.4, 0.5) is 0 Å². The van der Waals surface area contributed by atoms with Gasteiger partial charge in [0, 0.05) is 13.1 Å². The molecule has 0 spiro atoms. The Kier molecular flexibility index (Phi) is 4.06. The summed E-state index contributed by atoms with van der Waals surface area (Å²) in [7, 11) is 0. The first-order valence-corrected chi connectivity index (χ1v) is 8.01. The second kappa shape index (κ2) is 6.51. The number of rotatable bonds is 4. The minimum atomic E-state index is -0.151. The van der Waals surface area contributed by atoms with Crippen molar-refractivity contribution in [3.8, 4) is 11.5 Å². The van der Waals surface area contributed by atoms with Crippen molar-refractivity contribution in [3.05, 3.63) is 59.7 Å². The van der Waals surface area contributed by atoms with Gasteiger partial charge in [-0.3, -0.25) is 10.2 Å². The highest BCUT2D eigenvalue weighted by Gasteiger charge is 2.33. The lowest BCUT2D eigenvalue weighted by atomic mass is 9.94. The first-order chi connectivity index (χ1) is 11.8. The summed E-state index contributed by atoms with van der Waals surface area (Å²) in [6.45, 7) is 1.32. The van der Waals surface area contributed by atoms with Crippen LogP contribution >= 0.6 is 0 Å². The van der Waals surface area contributed by atoms with Crippen molar-refractivity contribution in [2.75, 3.05) is 13.3 Å². The van der Waals surface area contributed by atoms with Crippen LogP contribution < -0.4 is 25.6 Å². The van der Waals surface area contributed by atoms with Gasteiger partial charge in [0.05, 0.1) is 12.0 Å². The van der Waals surface area contributed by atoms with Gasteiger partial charge in [0.25, 0.3) is 0 Å². The monoisotopic (exact) mass is 325 g/mol. The van der Waals surface area contributed by atoms with E-state index in [1.54, 1.807) is 0 Å². The highest BCUT2D eigenvalue weighted by Crippen LogP contribution is 2.32. The second-order valence-corrected chi connectivity index (χ2v) is 5.93. The van der Waals surface area contributed by atoms with Gasteiger partial charge in [-0.1, -0.05) is 36.4 Å². The molecule has 2 heterocycles. The molecule has 0 aromatic heterocycles. The summed E-state index contributed by atoms with van der Waals surface area (Å²) >= 11 is 0. The third-order valence-electron chi connectivity index (χ3n) is 4.38. The molecule has 4 rings (SSSR count). The van der Waals surface area contributed by atoms with E-state index in [4.69, 9.17) is 9.47 Å². The van der Waals surface area contributed by atoms with E-state index in [2.05, 4.69) is 16.2 Å². The number of hydrogen-bond acceptors (Lipinski definition) is 5. The Balaban J connectivity index is 1.40. The number of fused-ring (bicyclic) bond motifs is 1. The van der Waals surface area contributed by atoms with Gasteiger partial charge in [0.2, 0.25) is 12.7 Å². The normalized spacial score (nSPS) is 21.7. The number of ether oxygens (including phenoxy) is 2. The number of carbonyl (C=O) groups excluding carboxylic acids is 1. The van der Waals surface area contributed by atoms with E-state index in [1.165, 1.54) is 0 Å². The largest absolute Gasteiger partial charge is 0.454 e. The molecule has 3 N–H and O–H groups in total. The second-order valence-electron chi connectivity index (χ2n) is 5.93. The predicted molar refractivity (Wildman–Crippen MR) is 88.2 cm³/mol. The zero-order valence-electron chi connectivity index (χ0n) is 13.1. The number of hydrazine groups is 1. The van der Waals surface area contributed by atoms with Crippen molar-refractivity contribution in [2.24, 2.45) is 5.92 Å². The fraction of sp³-hybridized carbons (Fsp3) is 0.278. The first-order valence-electron chi connectivity index (χ1n) is 8.01. The molecule has 2 aromatic carbocycles. The average molecular weight is 325 g/mol. The van der Waals surface area contributed by atoms with Crippen LogP contribution in [0.15, 0.2) is 48.5 Å². The molecule has 0 aliphatic carbocycles. The molecular weight excluding hydrogens is 306 g/mol. The summed E-state index contributed by atoms with van der Waals surface area (Å²) in [5.41, 5.74) is 8.37. The van der Waals surface area contributed by atoms with Crippen LogP contribution in [0.3, 0.4) is 0 Å². The molecule has 2 aromatic rings. The molecule has 2 unspecified atom stereocenters. The van der Waals surface area contributed by atoms with E-state index in [1.807, 2.05) is 48.5 Å². The summed E-state index contributed by atoms with van der Waals surface area (Å²) in [5.74, 6) is 1.35. The number of amides is 1. The zero-order chi connectivity index (χ0) is 16.4. The van der Waals surface area contributed by atoms with E-state index in [9.17, 15) is 4.79 Å². The van der Waals surface area contributed by atoms with Crippen molar-refractivity contribution in [2.45, 2.75) is 12.6 Å². The minimum absolute atomic E-state index is 0.0250. The van der Waals surface area contributed by atoms with Gasteiger partial charge >= 0.3 is 0 Å². The SMILES string of the molecule is O=C(NCc1ccc2c(c1)OCO2)C1CNNC1c1ccccc1. The number of hydrogen-bond donors (Lipinski definition) is 3. The lowest BCUT2D eigenvalue weighted by Gasteiger charge is -2.18. The average Bonchev–Trinajstić information content (AvgIpc) is 3.29. The number of nitrogens with one attached hydrogen (secondary N) is 3. The molecule has 0 saturated carbocycles. The van der Waals surface area contributed by atoms with Crippen LogP contribution in [0.1, 0.15) is 17.2 Å². The van der Waals surface area contributed by atoms with E-state index in [-0.39, 0.29) is 24.7 Å². The molecule has 6 nitrogen and oxygen atoms in total. The maximum atomic E-state index is 12.6. The zero-order valence-corrected chi connectivity index (χ0v) is 13.1. The molecule has 24 heavy (non-hydrogen) atoms. The Hall–Kier alpha value is -2.57. The molecular formula is C18H19N3O3. The number of benzene rings is 2. The Morgan fingerprint density at radius 2 is 1.96 bits per heavy atom. The third kappa shape index (κ3) is 2.93. The fourth-order valence-electron chi connectivity index (χ4n) is 3.09. The Morgan fingerprint density at radius 3 is 2.83 bits per heavy atom. The van der Waals surface area contributed by atoms with E-state index in [0.29, 0.717) is 13.1 Å². The predicted octanol–water partition coefficient (Wildman–Crippen LogP) is 1.50. The Bertz CT molecular complexity index is 736. The van der Waals surface area contributed by atoms with Crippen molar-refractivity contribution in [1.82, 2.24) is 16.2 Å². The van der Waals surface area contributed by atoms with Crippen LogP contribution in [0.5, 0.6) is 11.5 Å². The minimum Gasteiger partial charge on any atom is -0.454 e. The Labute approximate surface area is 140 Å². The molecule has 0 bridgehead atoms. The molecule has 2 atom stereocenters. The fourth-order valence-corrected chi connectivity index (χ4v) is 3.09. The molecule has 6 heteroatoms. The third-order valence-corrected chi connectivity index (χ3v) is 4.38. The van der Waals surface area contributed by atoms with Gasteiger partial charge in [-0.05, 0) is 23.3 Å². The summed E-state index contributed by atoms with van der Waals surface area (Å²) in [6, 6.07) is 15.7. The maximum absolute atomic E-state index is 12.6. The quantitative estimate of drug-likeness (QED) is 0.794. The molecule has 2 aliphatic heterocycles. The molecule has 1 fully saturated rings. The van der Waals surface area contributed by atoms with Gasteiger partial charge in [0.15, 0.2) is 11.5 Å². The van der Waals surface area contributed by atoms with Gasteiger partial charge in [0.1, 0.15) is 0 Å². The van der Waals surface area contributed by atoms with Gasteiger partial charge in [-0.15, -0.1) is 0 Å². The molecule has 1 amide bonds.